The molecule has 2 aliphatic rings. The van der Waals surface area contributed by atoms with Crippen LogP contribution in [0.5, 0.6) is 0 Å². The van der Waals surface area contributed by atoms with E-state index in [1.54, 1.807) is 0 Å². The van der Waals surface area contributed by atoms with Crippen molar-refractivity contribution in [1.82, 2.24) is 10.6 Å². The third-order valence-corrected chi connectivity index (χ3v) is 4.80. The van der Waals surface area contributed by atoms with E-state index >= 15 is 0 Å². The van der Waals surface area contributed by atoms with Crippen molar-refractivity contribution >= 4 is 11.9 Å². The molecule has 2 aliphatic heterocycles. The van der Waals surface area contributed by atoms with Crippen LogP contribution in [0.2, 0.25) is 0 Å². The highest BCUT2D eigenvalue weighted by atomic mass is 16.4. The fourth-order valence-corrected chi connectivity index (χ4v) is 3.76. The zero-order chi connectivity index (χ0) is 17.7. The Labute approximate surface area is 142 Å². The number of nitrogens with two attached hydrogens (primary N) is 1. The normalized spacial score (nSPS) is 28.9. The topological polar surface area (TPSA) is 104 Å². The summed E-state index contributed by atoms with van der Waals surface area (Å²) < 4.78 is 0. The molecule has 0 aliphatic carbocycles. The Morgan fingerprint density at radius 2 is 1.88 bits per heavy atom. The number of aryl methyl sites for hydroxylation is 1. The number of nitrogens with one attached hydrogen (secondary N) is 2. The fraction of sp³-hybridized carbons (Fsp3) is 0.556. The maximum Gasteiger partial charge on any atom is 0.321 e. The maximum absolute atomic E-state index is 11.3. The Bertz CT molecular complexity index is 587. The third kappa shape index (κ3) is 4.55. The van der Waals surface area contributed by atoms with Gasteiger partial charge in [0.2, 0.25) is 5.91 Å². The van der Waals surface area contributed by atoms with Gasteiger partial charge in [-0.15, -0.1) is 0 Å². The number of primary amides is 1. The maximum atomic E-state index is 11.3. The number of aliphatic carboxylic acids is 1. The Balaban J connectivity index is 0.000000471. The summed E-state index contributed by atoms with van der Waals surface area (Å²) in [4.78, 5) is 20.5. The van der Waals surface area contributed by atoms with Crippen LogP contribution in [0.3, 0.4) is 0 Å². The predicted molar refractivity (Wildman–Crippen MR) is 92.5 cm³/mol. The molecule has 5 N–H and O–H groups in total. The summed E-state index contributed by atoms with van der Waals surface area (Å²) in [6, 6.07) is 8.76. The molecule has 3 rings (SSSR count). The van der Waals surface area contributed by atoms with E-state index in [1.807, 2.05) is 0 Å². The summed E-state index contributed by atoms with van der Waals surface area (Å²) in [6.45, 7) is 4.26. The van der Waals surface area contributed by atoms with Gasteiger partial charge in [0.1, 0.15) is 6.04 Å². The van der Waals surface area contributed by atoms with Crippen LogP contribution in [0.15, 0.2) is 24.3 Å². The SMILES string of the molecule is CC(N)=O.Cc1ccccc1[C@@H]1CCC(C2CCN[C@@H]2C(=O)O)N1. The van der Waals surface area contributed by atoms with Crippen molar-refractivity contribution in [3.8, 4) is 0 Å². The number of hydrogen-bond donors (Lipinski definition) is 4. The first-order valence-corrected chi connectivity index (χ1v) is 8.44. The van der Waals surface area contributed by atoms with E-state index in [4.69, 9.17) is 0 Å². The summed E-state index contributed by atoms with van der Waals surface area (Å²) >= 11 is 0. The van der Waals surface area contributed by atoms with E-state index in [9.17, 15) is 14.7 Å². The van der Waals surface area contributed by atoms with Crippen LogP contribution in [0, 0.1) is 12.8 Å². The van der Waals surface area contributed by atoms with Crippen molar-refractivity contribution in [3.05, 3.63) is 35.4 Å². The van der Waals surface area contributed by atoms with Crippen molar-refractivity contribution < 1.29 is 14.7 Å². The molecule has 0 radical (unpaired) electrons. The van der Waals surface area contributed by atoms with Gasteiger partial charge in [0.15, 0.2) is 0 Å². The van der Waals surface area contributed by atoms with Gasteiger partial charge in [-0.25, -0.2) is 0 Å². The van der Waals surface area contributed by atoms with E-state index in [-0.39, 0.29) is 17.9 Å². The first-order chi connectivity index (χ1) is 11.4. The molecule has 0 aromatic heterocycles. The fourth-order valence-electron chi connectivity index (χ4n) is 3.76. The van der Waals surface area contributed by atoms with Gasteiger partial charge in [-0.3, -0.25) is 9.59 Å². The lowest BCUT2D eigenvalue weighted by Gasteiger charge is -2.24. The van der Waals surface area contributed by atoms with Crippen molar-refractivity contribution in [3.63, 3.8) is 0 Å². The standard InChI is InChI=1S/C16H22N2O2.C2H5NO/c1-10-4-2-3-5-11(10)13-6-7-14(18-13)12-8-9-17-15(12)16(19)20;1-2(3)4/h2-5,12-15,17-18H,6-9H2,1H3,(H,19,20);1H3,(H2,3,4)/t12?,13-,14?,15-;/m0./s1. The molecule has 6 heteroatoms. The lowest BCUT2D eigenvalue weighted by molar-refractivity contribution is -0.140. The molecule has 2 heterocycles. The minimum Gasteiger partial charge on any atom is -0.480 e. The minimum atomic E-state index is -0.714. The highest BCUT2D eigenvalue weighted by Crippen LogP contribution is 2.34. The Morgan fingerprint density at radius 3 is 2.50 bits per heavy atom. The molecule has 132 valence electrons. The number of carboxylic acid groups (broad SMARTS) is 1. The second-order valence-corrected chi connectivity index (χ2v) is 6.59. The van der Waals surface area contributed by atoms with Gasteiger partial charge in [-0.2, -0.15) is 0 Å². The number of rotatable bonds is 3. The van der Waals surface area contributed by atoms with E-state index in [0.717, 1.165) is 25.8 Å². The smallest absolute Gasteiger partial charge is 0.321 e. The molecule has 4 atom stereocenters. The van der Waals surface area contributed by atoms with Crippen molar-refractivity contribution in [2.45, 2.75) is 51.2 Å². The van der Waals surface area contributed by atoms with E-state index in [0.29, 0.717) is 12.1 Å². The van der Waals surface area contributed by atoms with Crippen LogP contribution in [0.25, 0.3) is 0 Å². The lowest BCUT2D eigenvalue weighted by atomic mass is 9.91. The van der Waals surface area contributed by atoms with Crippen LogP contribution in [0.1, 0.15) is 43.4 Å². The monoisotopic (exact) mass is 333 g/mol. The molecule has 0 spiro atoms. The summed E-state index contributed by atoms with van der Waals surface area (Å²) in [5.41, 5.74) is 7.14. The van der Waals surface area contributed by atoms with E-state index in [1.165, 1.54) is 18.1 Å². The molecule has 1 aromatic rings. The summed E-state index contributed by atoms with van der Waals surface area (Å²) in [7, 11) is 0. The number of amides is 1. The lowest BCUT2D eigenvalue weighted by Crippen LogP contribution is -2.43. The summed E-state index contributed by atoms with van der Waals surface area (Å²) in [5, 5.41) is 16.1. The first kappa shape index (κ1) is 18.4. The molecule has 2 unspecified atom stereocenters. The van der Waals surface area contributed by atoms with Gasteiger partial charge in [-0.1, -0.05) is 24.3 Å². The zero-order valence-corrected chi connectivity index (χ0v) is 14.3. The number of carbonyl (C=O) groups excluding carboxylic acids is 1. The third-order valence-electron chi connectivity index (χ3n) is 4.80. The van der Waals surface area contributed by atoms with Gasteiger partial charge in [0.05, 0.1) is 0 Å². The molecule has 2 fully saturated rings. The number of hydrogen-bond acceptors (Lipinski definition) is 4. The van der Waals surface area contributed by atoms with Crippen LogP contribution in [-0.2, 0) is 9.59 Å². The molecule has 2 saturated heterocycles. The van der Waals surface area contributed by atoms with E-state index in [2.05, 4.69) is 47.6 Å². The number of carbonyl (C=O) groups is 2. The minimum absolute atomic E-state index is 0.210. The quantitative estimate of drug-likeness (QED) is 0.668. The van der Waals surface area contributed by atoms with E-state index < -0.39 is 5.97 Å². The molecule has 1 aromatic carbocycles. The van der Waals surface area contributed by atoms with Crippen LogP contribution < -0.4 is 16.4 Å². The van der Waals surface area contributed by atoms with Crippen LogP contribution in [0.4, 0.5) is 0 Å². The largest absolute Gasteiger partial charge is 0.480 e. The average Bonchev–Trinajstić information content (AvgIpc) is 3.16. The van der Waals surface area contributed by atoms with Gasteiger partial charge >= 0.3 is 5.97 Å². The second-order valence-electron chi connectivity index (χ2n) is 6.59. The molecule has 24 heavy (non-hydrogen) atoms. The molecule has 6 nitrogen and oxygen atoms in total. The van der Waals surface area contributed by atoms with Crippen molar-refractivity contribution in [1.29, 1.82) is 0 Å². The highest BCUT2D eigenvalue weighted by Gasteiger charge is 2.41. The van der Waals surface area contributed by atoms with Crippen molar-refractivity contribution in [2.75, 3.05) is 6.54 Å². The average molecular weight is 333 g/mol. The van der Waals surface area contributed by atoms with Crippen LogP contribution in [-0.4, -0.2) is 35.6 Å². The molecule has 0 saturated carbocycles. The summed E-state index contributed by atoms with van der Waals surface area (Å²) in [6.07, 6.45) is 3.11. The number of benzene rings is 1. The Hall–Kier alpha value is -1.92. The summed E-state index contributed by atoms with van der Waals surface area (Å²) in [5.74, 6) is -0.838. The molecular weight excluding hydrogens is 306 g/mol. The first-order valence-electron chi connectivity index (χ1n) is 8.44. The van der Waals surface area contributed by atoms with Gasteiger partial charge in [0.25, 0.3) is 0 Å². The predicted octanol–water partition coefficient (Wildman–Crippen LogP) is 1.34. The zero-order valence-electron chi connectivity index (χ0n) is 14.3. The second kappa shape index (κ2) is 8.26. The molecule has 1 amide bonds. The molecule has 0 bridgehead atoms. The van der Waals surface area contributed by atoms with Gasteiger partial charge < -0.3 is 21.5 Å². The number of carboxylic acids is 1. The highest BCUT2D eigenvalue weighted by molar-refractivity contribution is 5.74. The van der Waals surface area contributed by atoms with Gasteiger partial charge in [0, 0.05) is 24.9 Å². The molecular formula is C18H27N3O3. The van der Waals surface area contributed by atoms with Crippen molar-refractivity contribution in [2.24, 2.45) is 11.7 Å². The van der Waals surface area contributed by atoms with Crippen LogP contribution >= 0.6 is 0 Å². The van der Waals surface area contributed by atoms with Gasteiger partial charge in [-0.05, 0) is 43.9 Å². The Kier molecular flexibility index (Phi) is 6.34. The Morgan fingerprint density at radius 1 is 1.21 bits per heavy atom.